The second kappa shape index (κ2) is 9.33. The highest BCUT2D eigenvalue weighted by molar-refractivity contribution is 7.91. The van der Waals surface area contributed by atoms with E-state index < -0.39 is 27.7 Å². The molecule has 1 N–H and O–H groups in total. The highest BCUT2D eigenvalue weighted by Crippen LogP contribution is 2.18. The Morgan fingerprint density at radius 1 is 0.897 bits per heavy atom. The van der Waals surface area contributed by atoms with Crippen LogP contribution in [0.1, 0.15) is 32.7 Å². The van der Waals surface area contributed by atoms with Crippen molar-refractivity contribution < 1.29 is 32.3 Å². The first-order chi connectivity index (χ1) is 13.7. The van der Waals surface area contributed by atoms with E-state index in [0.717, 1.165) is 5.56 Å². The molecule has 0 aromatic heterocycles. The Balaban J connectivity index is 2.14. The van der Waals surface area contributed by atoms with Gasteiger partial charge in [0.2, 0.25) is 5.91 Å². The van der Waals surface area contributed by atoms with Crippen LogP contribution in [0, 0.1) is 6.92 Å². The topological polar surface area (TPSA) is 116 Å². The molecule has 0 atom stereocenters. The minimum Gasteiger partial charge on any atom is -0.465 e. The van der Waals surface area contributed by atoms with Crippen LogP contribution in [0.25, 0.3) is 0 Å². The number of esters is 2. The number of methoxy groups -OCH3 is 2. The van der Waals surface area contributed by atoms with Crippen molar-refractivity contribution in [3.8, 4) is 0 Å². The zero-order valence-corrected chi connectivity index (χ0v) is 17.0. The molecule has 29 heavy (non-hydrogen) atoms. The van der Waals surface area contributed by atoms with Gasteiger partial charge >= 0.3 is 11.9 Å². The second-order valence-corrected chi connectivity index (χ2v) is 8.32. The quantitative estimate of drug-likeness (QED) is 0.685. The van der Waals surface area contributed by atoms with Crippen LogP contribution in [0.5, 0.6) is 0 Å². The summed E-state index contributed by atoms with van der Waals surface area (Å²) in [7, 11) is -1.26. The zero-order valence-electron chi connectivity index (χ0n) is 16.2. The first-order valence-corrected chi connectivity index (χ1v) is 10.2. The van der Waals surface area contributed by atoms with Gasteiger partial charge in [-0.15, -0.1) is 0 Å². The minimum atomic E-state index is -3.62. The number of benzene rings is 2. The molecule has 0 heterocycles. The van der Waals surface area contributed by atoms with Crippen molar-refractivity contribution in [3.05, 3.63) is 59.2 Å². The SMILES string of the molecule is COC(=O)c1cc(NC(=O)CCS(=O)(=O)c2ccc(C)cc2)cc(C(=O)OC)c1. The summed E-state index contributed by atoms with van der Waals surface area (Å²) in [6.45, 7) is 1.84. The van der Waals surface area contributed by atoms with E-state index in [-0.39, 0.29) is 33.9 Å². The molecule has 0 unspecified atom stereocenters. The fourth-order valence-corrected chi connectivity index (χ4v) is 3.73. The Morgan fingerprint density at radius 2 is 1.41 bits per heavy atom. The number of hydrogen-bond acceptors (Lipinski definition) is 7. The number of hydrogen-bond donors (Lipinski definition) is 1. The van der Waals surface area contributed by atoms with Gasteiger partial charge in [0.1, 0.15) is 0 Å². The van der Waals surface area contributed by atoms with E-state index in [9.17, 15) is 22.8 Å². The minimum absolute atomic E-state index is 0.0398. The molecule has 8 nitrogen and oxygen atoms in total. The third-order valence-corrected chi connectivity index (χ3v) is 5.77. The molecule has 0 saturated carbocycles. The lowest BCUT2D eigenvalue weighted by atomic mass is 10.1. The molecular weight excluding hydrogens is 398 g/mol. The van der Waals surface area contributed by atoms with Crippen molar-refractivity contribution in [2.24, 2.45) is 0 Å². The maximum absolute atomic E-state index is 12.4. The van der Waals surface area contributed by atoms with E-state index in [0.29, 0.717) is 0 Å². The molecule has 0 aliphatic rings. The van der Waals surface area contributed by atoms with Crippen LogP contribution in [0.15, 0.2) is 47.4 Å². The van der Waals surface area contributed by atoms with Crippen molar-refractivity contribution in [2.45, 2.75) is 18.2 Å². The summed E-state index contributed by atoms with van der Waals surface area (Å²) in [6.07, 6.45) is -0.299. The number of ether oxygens (including phenoxy) is 2. The number of anilines is 1. The molecule has 0 bridgehead atoms. The van der Waals surface area contributed by atoms with Crippen molar-refractivity contribution in [3.63, 3.8) is 0 Å². The third-order valence-electron chi connectivity index (χ3n) is 4.04. The van der Waals surface area contributed by atoms with Gasteiger partial charge < -0.3 is 14.8 Å². The maximum atomic E-state index is 12.4. The molecule has 0 aliphatic carbocycles. The Bertz CT molecular complexity index is 993. The fourth-order valence-electron chi connectivity index (χ4n) is 2.49. The van der Waals surface area contributed by atoms with Gasteiger partial charge in [-0.2, -0.15) is 0 Å². The summed E-state index contributed by atoms with van der Waals surface area (Å²) in [5, 5.41) is 2.49. The van der Waals surface area contributed by atoms with Crippen LogP contribution in [0.2, 0.25) is 0 Å². The van der Waals surface area contributed by atoms with Crippen molar-refractivity contribution in [1.82, 2.24) is 0 Å². The summed E-state index contributed by atoms with van der Waals surface area (Å²) in [4.78, 5) is 35.9. The number of carbonyl (C=O) groups is 3. The van der Waals surface area contributed by atoms with E-state index in [2.05, 4.69) is 14.8 Å². The fraction of sp³-hybridized carbons (Fsp3) is 0.250. The van der Waals surface area contributed by atoms with E-state index in [1.165, 1.54) is 44.6 Å². The van der Waals surface area contributed by atoms with Gasteiger partial charge in [-0.05, 0) is 37.3 Å². The lowest BCUT2D eigenvalue weighted by Gasteiger charge is -2.10. The largest absolute Gasteiger partial charge is 0.465 e. The molecule has 9 heteroatoms. The highest BCUT2D eigenvalue weighted by atomic mass is 32.2. The molecule has 154 valence electrons. The van der Waals surface area contributed by atoms with Gasteiger partial charge in [-0.1, -0.05) is 17.7 Å². The Kier molecular flexibility index (Phi) is 7.11. The molecule has 0 aliphatic heterocycles. The predicted molar refractivity (Wildman–Crippen MR) is 106 cm³/mol. The summed E-state index contributed by atoms with van der Waals surface area (Å²) < 4.78 is 34.0. The molecule has 0 fully saturated rings. The van der Waals surface area contributed by atoms with E-state index >= 15 is 0 Å². The number of carbonyl (C=O) groups excluding carboxylic acids is 3. The predicted octanol–water partition coefficient (Wildman–Crippen LogP) is 2.37. The summed E-state index contributed by atoms with van der Waals surface area (Å²) in [5.41, 5.74) is 1.15. The van der Waals surface area contributed by atoms with Crippen LogP contribution in [-0.4, -0.2) is 46.2 Å². The van der Waals surface area contributed by atoms with Crippen LogP contribution in [-0.2, 0) is 24.1 Å². The van der Waals surface area contributed by atoms with Crippen LogP contribution in [0.4, 0.5) is 5.69 Å². The number of amides is 1. The number of rotatable bonds is 7. The number of sulfone groups is 1. The third kappa shape index (κ3) is 5.89. The standard InChI is InChI=1S/C20H21NO7S/c1-13-4-6-17(7-5-13)29(25,26)9-8-18(22)21-16-11-14(19(23)27-2)10-15(12-16)20(24)28-3/h4-7,10-12H,8-9H2,1-3H3,(H,21,22). The average Bonchev–Trinajstić information content (AvgIpc) is 2.71. The summed E-state index contributed by atoms with van der Waals surface area (Å²) in [5.74, 6) is -2.37. The van der Waals surface area contributed by atoms with Crippen LogP contribution >= 0.6 is 0 Å². The molecule has 2 aromatic rings. The molecule has 0 saturated heterocycles. The summed E-state index contributed by atoms with van der Waals surface area (Å²) >= 11 is 0. The highest BCUT2D eigenvalue weighted by Gasteiger charge is 2.18. The Hall–Kier alpha value is -3.20. The first kappa shape index (κ1) is 22.1. The Labute approximate surface area is 168 Å². The molecule has 1 amide bonds. The van der Waals surface area contributed by atoms with E-state index in [1.807, 2.05) is 6.92 Å². The van der Waals surface area contributed by atoms with Gasteiger partial charge in [0.15, 0.2) is 9.84 Å². The number of aryl methyl sites for hydroxylation is 1. The van der Waals surface area contributed by atoms with Crippen LogP contribution < -0.4 is 5.32 Å². The average molecular weight is 419 g/mol. The lowest BCUT2D eigenvalue weighted by molar-refractivity contribution is -0.115. The number of nitrogens with one attached hydrogen (secondary N) is 1. The molecule has 0 radical (unpaired) electrons. The monoisotopic (exact) mass is 419 g/mol. The van der Waals surface area contributed by atoms with E-state index in [4.69, 9.17) is 0 Å². The van der Waals surface area contributed by atoms with E-state index in [1.54, 1.807) is 12.1 Å². The first-order valence-electron chi connectivity index (χ1n) is 8.57. The normalized spacial score (nSPS) is 10.9. The van der Waals surface area contributed by atoms with Gasteiger partial charge in [0.25, 0.3) is 0 Å². The molecule has 0 spiro atoms. The van der Waals surface area contributed by atoms with Gasteiger partial charge in [-0.3, -0.25) is 4.79 Å². The smallest absolute Gasteiger partial charge is 0.337 e. The molecular formula is C20H21NO7S. The van der Waals surface area contributed by atoms with Gasteiger partial charge in [0.05, 0.1) is 36.0 Å². The second-order valence-electron chi connectivity index (χ2n) is 6.21. The van der Waals surface area contributed by atoms with Crippen molar-refractivity contribution in [2.75, 3.05) is 25.3 Å². The van der Waals surface area contributed by atoms with Gasteiger partial charge in [0, 0.05) is 12.1 Å². The van der Waals surface area contributed by atoms with Gasteiger partial charge in [-0.25, -0.2) is 18.0 Å². The Morgan fingerprint density at radius 3 is 1.90 bits per heavy atom. The van der Waals surface area contributed by atoms with Crippen molar-refractivity contribution in [1.29, 1.82) is 0 Å². The van der Waals surface area contributed by atoms with Crippen LogP contribution in [0.3, 0.4) is 0 Å². The molecule has 2 rings (SSSR count). The maximum Gasteiger partial charge on any atom is 0.337 e. The summed E-state index contributed by atoms with van der Waals surface area (Å²) in [6, 6.07) is 10.3. The lowest BCUT2D eigenvalue weighted by Crippen LogP contribution is -2.18. The zero-order chi connectivity index (χ0) is 21.6. The molecule has 2 aromatic carbocycles. The van der Waals surface area contributed by atoms with Crippen molar-refractivity contribution >= 4 is 33.4 Å².